The lowest BCUT2D eigenvalue weighted by atomic mass is 10.1. The average molecular weight is 307 g/mol. The lowest BCUT2D eigenvalue weighted by Crippen LogP contribution is -2.22. The molecule has 4 heteroatoms. The minimum Gasteiger partial charge on any atom is -0.349 e. The second-order valence-corrected chi connectivity index (χ2v) is 6.16. The minimum absolute atomic E-state index is 0.247. The van der Waals surface area contributed by atoms with Crippen LogP contribution < -0.4 is 5.32 Å². The Kier molecular flexibility index (Phi) is 4.32. The Morgan fingerprint density at radius 1 is 1.38 bits per heavy atom. The number of hydrogen-bond acceptors (Lipinski definition) is 1. The van der Waals surface area contributed by atoms with Gasteiger partial charge in [0.1, 0.15) is 5.82 Å². The van der Waals surface area contributed by atoms with E-state index in [4.69, 9.17) is 11.6 Å². The molecule has 0 saturated heterocycles. The molecular weight excluding hydrogens is 287 g/mol. The molecule has 112 valence electrons. The maximum Gasteiger partial charge on any atom is 0.129 e. The van der Waals surface area contributed by atoms with E-state index in [9.17, 15) is 4.39 Å². The molecule has 1 aliphatic carbocycles. The Bertz CT molecular complexity index is 619. The van der Waals surface area contributed by atoms with Gasteiger partial charge in [-0.05, 0) is 49.1 Å². The standard InChI is InChI=1S/C17H20ClFN2/c1-2-20-17(12-3-4-12)14-7-8-21(11-14)10-13-5-6-15(18)9-16(13)19/h5-9,11-12,17,20H,2-4,10H2,1H3. The van der Waals surface area contributed by atoms with Crippen LogP contribution in [0.15, 0.2) is 36.7 Å². The third kappa shape index (κ3) is 3.47. The number of aromatic nitrogens is 1. The molecule has 2 nitrogen and oxygen atoms in total. The van der Waals surface area contributed by atoms with Crippen molar-refractivity contribution in [1.29, 1.82) is 0 Å². The van der Waals surface area contributed by atoms with Gasteiger partial charge in [-0.3, -0.25) is 0 Å². The summed E-state index contributed by atoms with van der Waals surface area (Å²) in [5.41, 5.74) is 1.96. The second kappa shape index (κ2) is 6.20. The van der Waals surface area contributed by atoms with Crippen molar-refractivity contribution < 1.29 is 4.39 Å². The van der Waals surface area contributed by atoms with Crippen LogP contribution in [-0.4, -0.2) is 11.1 Å². The number of halogens is 2. The summed E-state index contributed by atoms with van der Waals surface area (Å²) in [7, 11) is 0. The Balaban J connectivity index is 1.75. The number of hydrogen-bond donors (Lipinski definition) is 1. The maximum absolute atomic E-state index is 13.9. The van der Waals surface area contributed by atoms with E-state index in [1.165, 1.54) is 24.5 Å². The first-order valence-corrected chi connectivity index (χ1v) is 7.88. The highest BCUT2D eigenvalue weighted by Crippen LogP contribution is 2.41. The number of benzene rings is 1. The van der Waals surface area contributed by atoms with E-state index in [0.717, 1.165) is 12.5 Å². The van der Waals surface area contributed by atoms with Crippen LogP contribution in [0.5, 0.6) is 0 Å². The van der Waals surface area contributed by atoms with E-state index in [1.54, 1.807) is 12.1 Å². The summed E-state index contributed by atoms with van der Waals surface area (Å²) in [6.07, 6.45) is 6.75. The summed E-state index contributed by atoms with van der Waals surface area (Å²) < 4.78 is 15.9. The van der Waals surface area contributed by atoms with Gasteiger partial charge < -0.3 is 9.88 Å². The second-order valence-electron chi connectivity index (χ2n) is 5.73. The summed E-state index contributed by atoms with van der Waals surface area (Å²) >= 11 is 5.79. The van der Waals surface area contributed by atoms with Crippen molar-refractivity contribution in [3.63, 3.8) is 0 Å². The third-order valence-electron chi connectivity index (χ3n) is 4.02. The quantitative estimate of drug-likeness (QED) is 0.837. The van der Waals surface area contributed by atoms with Gasteiger partial charge in [0, 0.05) is 35.6 Å². The molecule has 0 aliphatic heterocycles. The Morgan fingerprint density at radius 2 is 2.19 bits per heavy atom. The van der Waals surface area contributed by atoms with Gasteiger partial charge in [-0.15, -0.1) is 0 Å². The van der Waals surface area contributed by atoms with E-state index in [2.05, 4.69) is 24.5 Å². The predicted octanol–water partition coefficient (Wildman–Crippen LogP) is 4.39. The van der Waals surface area contributed by atoms with Gasteiger partial charge in [-0.1, -0.05) is 24.6 Å². The monoisotopic (exact) mass is 306 g/mol. The van der Waals surface area contributed by atoms with Crippen molar-refractivity contribution in [2.45, 2.75) is 32.4 Å². The van der Waals surface area contributed by atoms with Gasteiger partial charge in [0.25, 0.3) is 0 Å². The zero-order chi connectivity index (χ0) is 14.8. The fraction of sp³-hybridized carbons (Fsp3) is 0.412. The zero-order valence-corrected chi connectivity index (χ0v) is 12.9. The molecule has 0 radical (unpaired) electrons. The van der Waals surface area contributed by atoms with Gasteiger partial charge >= 0.3 is 0 Å². The van der Waals surface area contributed by atoms with Crippen molar-refractivity contribution in [2.24, 2.45) is 5.92 Å². The number of nitrogens with zero attached hydrogens (tertiary/aromatic N) is 1. The van der Waals surface area contributed by atoms with Gasteiger partial charge in [0.2, 0.25) is 0 Å². The third-order valence-corrected chi connectivity index (χ3v) is 4.25. The van der Waals surface area contributed by atoms with Crippen LogP contribution in [0.3, 0.4) is 0 Å². The number of rotatable bonds is 6. The molecule has 1 saturated carbocycles. The van der Waals surface area contributed by atoms with E-state index in [-0.39, 0.29) is 5.82 Å². The van der Waals surface area contributed by atoms with Gasteiger partial charge in [-0.25, -0.2) is 4.39 Å². The van der Waals surface area contributed by atoms with Crippen LogP contribution in [0, 0.1) is 11.7 Å². The van der Waals surface area contributed by atoms with Crippen LogP contribution in [0.25, 0.3) is 0 Å². The van der Waals surface area contributed by atoms with Crippen molar-refractivity contribution in [3.8, 4) is 0 Å². The molecule has 2 aromatic rings. The molecule has 1 atom stereocenters. The molecule has 1 fully saturated rings. The zero-order valence-electron chi connectivity index (χ0n) is 12.2. The summed E-state index contributed by atoms with van der Waals surface area (Å²) in [6.45, 7) is 3.64. The largest absolute Gasteiger partial charge is 0.349 e. The van der Waals surface area contributed by atoms with E-state index in [1.807, 2.05) is 10.8 Å². The van der Waals surface area contributed by atoms with E-state index < -0.39 is 0 Å². The van der Waals surface area contributed by atoms with E-state index >= 15 is 0 Å². The minimum atomic E-state index is -0.247. The molecule has 1 unspecified atom stereocenters. The summed E-state index contributed by atoms with van der Waals surface area (Å²) in [4.78, 5) is 0. The fourth-order valence-electron chi connectivity index (χ4n) is 2.79. The summed E-state index contributed by atoms with van der Waals surface area (Å²) in [5.74, 6) is 0.510. The molecule has 1 aromatic heterocycles. The van der Waals surface area contributed by atoms with Gasteiger partial charge in [0.15, 0.2) is 0 Å². The molecule has 0 bridgehead atoms. The molecule has 0 spiro atoms. The maximum atomic E-state index is 13.9. The Hall–Kier alpha value is -1.32. The van der Waals surface area contributed by atoms with Gasteiger partial charge in [-0.2, -0.15) is 0 Å². The molecule has 0 amide bonds. The normalized spacial score (nSPS) is 16.1. The smallest absolute Gasteiger partial charge is 0.129 e. The molecule has 1 heterocycles. The van der Waals surface area contributed by atoms with Crippen molar-refractivity contribution in [2.75, 3.05) is 6.54 Å². The molecule has 21 heavy (non-hydrogen) atoms. The highest BCUT2D eigenvalue weighted by atomic mass is 35.5. The first kappa shape index (κ1) is 14.6. The molecule has 1 N–H and O–H groups in total. The SMILES string of the molecule is CCNC(c1ccn(Cc2ccc(Cl)cc2F)c1)C1CC1. The Morgan fingerprint density at radius 3 is 2.86 bits per heavy atom. The van der Waals surface area contributed by atoms with Crippen molar-refractivity contribution >= 4 is 11.6 Å². The van der Waals surface area contributed by atoms with Crippen LogP contribution in [0.2, 0.25) is 5.02 Å². The lowest BCUT2D eigenvalue weighted by molar-refractivity contribution is 0.495. The fourth-order valence-corrected chi connectivity index (χ4v) is 2.95. The average Bonchev–Trinajstić information content (AvgIpc) is 3.19. The lowest BCUT2D eigenvalue weighted by Gasteiger charge is -2.15. The van der Waals surface area contributed by atoms with Crippen LogP contribution in [0.4, 0.5) is 4.39 Å². The van der Waals surface area contributed by atoms with Crippen molar-refractivity contribution in [3.05, 3.63) is 58.6 Å². The Labute approximate surface area is 129 Å². The first-order chi connectivity index (χ1) is 10.2. The molecular formula is C17H20ClFN2. The predicted molar refractivity (Wildman–Crippen MR) is 84.1 cm³/mol. The molecule has 1 aliphatic rings. The van der Waals surface area contributed by atoms with Crippen LogP contribution in [-0.2, 0) is 6.54 Å². The number of nitrogens with one attached hydrogen (secondary N) is 1. The molecule has 1 aromatic carbocycles. The topological polar surface area (TPSA) is 17.0 Å². The van der Waals surface area contributed by atoms with E-state index in [0.29, 0.717) is 23.2 Å². The summed E-state index contributed by atoms with van der Waals surface area (Å²) in [6, 6.07) is 7.42. The van der Waals surface area contributed by atoms with Crippen molar-refractivity contribution in [1.82, 2.24) is 9.88 Å². The van der Waals surface area contributed by atoms with Crippen LogP contribution >= 0.6 is 11.6 Å². The summed E-state index contributed by atoms with van der Waals surface area (Å²) in [5, 5.41) is 3.99. The van der Waals surface area contributed by atoms with Crippen LogP contribution in [0.1, 0.15) is 36.9 Å². The first-order valence-electron chi connectivity index (χ1n) is 7.50. The highest BCUT2D eigenvalue weighted by Gasteiger charge is 2.32. The molecule has 3 rings (SSSR count). The highest BCUT2D eigenvalue weighted by molar-refractivity contribution is 6.30. The van der Waals surface area contributed by atoms with Gasteiger partial charge in [0.05, 0.1) is 0 Å².